The van der Waals surface area contributed by atoms with Gasteiger partial charge in [-0.2, -0.15) is 13.2 Å². The van der Waals surface area contributed by atoms with Crippen molar-refractivity contribution in [3.8, 4) is 0 Å². The third-order valence-corrected chi connectivity index (χ3v) is 5.05. The average Bonchev–Trinajstić information content (AvgIpc) is 3.25. The van der Waals surface area contributed by atoms with E-state index in [2.05, 4.69) is 6.92 Å². The highest BCUT2D eigenvalue weighted by Gasteiger charge is 2.41. The molecule has 0 radical (unpaired) electrons. The fourth-order valence-electron chi connectivity index (χ4n) is 3.79. The van der Waals surface area contributed by atoms with Crippen LogP contribution in [0.5, 0.6) is 0 Å². The SMILES string of the molecule is CCCCC(=C1C(C(F)(F)F)=Cc2ccccc21)n1ccc2ccccc21. The first-order chi connectivity index (χ1) is 13.0. The predicted octanol–water partition coefficient (Wildman–Crippen LogP) is 7.16. The number of para-hydroxylation sites is 1. The number of allylic oxidation sites excluding steroid dienone is 3. The zero-order valence-corrected chi connectivity index (χ0v) is 15.1. The Morgan fingerprint density at radius 2 is 1.70 bits per heavy atom. The summed E-state index contributed by atoms with van der Waals surface area (Å²) in [5, 5.41) is 1.02. The molecule has 27 heavy (non-hydrogen) atoms. The van der Waals surface area contributed by atoms with Gasteiger partial charge >= 0.3 is 6.18 Å². The fourth-order valence-corrected chi connectivity index (χ4v) is 3.79. The van der Waals surface area contributed by atoms with Crippen LogP contribution in [0.4, 0.5) is 13.2 Å². The van der Waals surface area contributed by atoms with E-state index in [9.17, 15) is 13.2 Å². The number of hydrogen-bond donors (Lipinski definition) is 0. The molecule has 3 aromatic rings. The van der Waals surface area contributed by atoms with Crippen LogP contribution in [0.1, 0.15) is 37.3 Å². The summed E-state index contributed by atoms with van der Waals surface area (Å²) >= 11 is 0. The third kappa shape index (κ3) is 3.09. The summed E-state index contributed by atoms with van der Waals surface area (Å²) in [4.78, 5) is 0. The Labute approximate surface area is 156 Å². The van der Waals surface area contributed by atoms with Gasteiger partial charge in [-0.05, 0) is 47.6 Å². The van der Waals surface area contributed by atoms with E-state index < -0.39 is 11.7 Å². The Morgan fingerprint density at radius 1 is 0.963 bits per heavy atom. The standard InChI is InChI=1S/C23H20F3N/c1-2-3-11-21(27-14-13-16-8-5-7-12-20(16)27)22-18-10-6-4-9-17(18)15-19(22)23(24,25)26/h4-10,12-15H,2-3,11H2,1H3. The number of alkyl halides is 3. The van der Waals surface area contributed by atoms with E-state index in [4.69, 9.17) is 0 Å². The number of aromatic nitrogens is 1. The monoisotopic (exact) mass is 367 g/mol. The van der Waals surface area contributed by atoms with Gasteiger partial charge in [-0.1, -0.05) is 55.8 Å². The smallest absolute Gasteiger partial charge is 0.320 e. The Kier molecular flexibility index (Phi) is 4.42. The van der Waals surface area contributed by atoms with E-state index >= 15 is 0 Å². The summed E-state index contributed by atoms with van der Waals surface area (Å²) in [6.07, 6.45) is 1.11. The Morgan fingerprint density at radius 3 is 2.48 bits per heavy atom. The first-order valence-corrected chi connectivity index (χ1v) is 9.19. The van der Waals surface area contributed by atoms with E-state index in [1.807, 2.05) is 41.1 Å². The number of unbranched alkanes of at least 4 members (excludes halogenated alkanes) is 1. The maximum absolute atomic E-state index is 13.9. The molecule has 0 bridgehead atoms. The van der Waals surface area contributed by atoms with Gasteiger partial charge in [-0.15, -0.1) is 0 Å². The molecule has 1 nitrogen and oxygen atoms in total. The van der Waals surface area contributed by atoms with Gasteiger partial charge < -0.3 is 4.57 Å². The number of benzene rings is 2. The Bertz CT molecular complexity index is 1050. The second kappa shape index (κ2) is 6.76. The van der Waals surface area contributed by atoms with E-state index in [0.29, 0.717) is 28.8 Å². The average molecular weight is 367 g/mol. The summed E-state index contributed by atoms with van der Waals surface area (Å²) in [7, 11) is 0. The largest absolute Gasteiger partial charge is 0.417 e. The van der Waals surface area contributed by atoms with Crippen molar-refractivity contribution >= 4 is 28.2 Å². The molecular weight excluding hydrogens is 347 g/mol. The lowest BCUT2D eigenvalue weighted by atomic mass is 9.97. The van der Waals surface area contributed by atoms with Crippen molar-refractivity contribution in [1.29, 1.82) is 0 Å². The second-order valence-corrected chi connectivity index (χ2v) is 6.81. The number of hydrogen-bond acceptors (Lipinski definition) is 0. The van der Waals surface area contributed by atoms with Crippen LogP contribution in [-0.4, -0.2) is 10.7 Å². The maximum Gasteiger partial charge on any atom is 0.417 e. The van der Waals surface area contributed by atoms with Crippen molar-refractivity contribution in [3.63, 3.8) is 0 Å². The molecule has 1 aliphatic rings. The minimum atomic E-state index is -4.39. The van der Waals surface area contributed by atoms with E-state index in [-0.39, 0.29) is 0 Å². The van der Waals surface area contributed by atoms with Crippen LogP contribution >= 0.6 is 0 Å². The van der Waals surface area contributed by atoms with Crippen LogP contribution in [0, 0.1) is 0 Å². The first kappa shape index (κ1) is 17.7. The van der Waals surface area contributed by atoms with Gasteiger partial charge in [0.15, 0.2) is 0 Å². The predicted molar refractivity (Wildman–Crippen MR) is 105 cm³/mol. The lowest BCUT2D eigenvalue weighted by Gasteiger charge is -2.19. The van der Waals surface area contributed by atoms with Crippen LogP contribution in [0.2, 0.25) is 0 Å². The van der Waals surface area contributed by atoms with Crippen LogP contribution in [-0.2, 0) is 0 Å². The fraction of sp³-hybridized carbons (Fsp3) is 0.217. The zero-order valence-electron chi connectivity index (χ0n) is 15.1. The van der Waals surface area contributed by atoms with E-state index in [1.54, 1.807) is 24.3 Å². The van der Waals surface area contributed by atoms with Crippen molar-refractivity contribution in [3.05, 3.63) is 77.5 Å². The second-order valence-electron chi connectivity index (χ2n) is 6.81. The van der Waals surface area contributed by atoms with Crippen molar-refractivity contribution in [2.45, 2.75) is 32.4 Å². The molecule has 0 saturated heterocycles. The van der Waals surface area contributed by atoms with Crippen LogP contribution < -0.4 is 0 Å². The van der Waals surface area contributed by atoms with Crippen LogP contribution in [0.3, 0.4) is 0 Å². The molecule has 1 aliphatic carbocycles. The van der Waals surface area contributed by atoms with Gasteiger partial charge in [0, 0.05) is 17.5 Å². The topological polar surface area (TPSA) is 4.93 Å². The van der Waals surface area contributed by atoms with Crippen LogP contribution in [0.25, 0.3) is 28.2 Å². The molecule has 2 aromatic carbocycles. The molecular formula is C23H20F3N. The normalized spacial score (nSPS) is 15.8. The highest BCUT2D eigenvalue weighted by atomic mass is 19.4. The molecule has 0 fully saturated rings. The van der Waals surface area contributed by atoms with Crippen molar-refractivity contribution < 1.29 is 13.2 Å². The molecule has 4 rings (SSSR count). The molecule has 0 amide bonds. The first-order valence-electron chi connectivity index (χ1n) is 9.19. The molecule has 0 spiro atoms. The number of halogens is 3. The number of nitrogens with zero attached hydrogens (tertiary/aromatic N) is 1. The molecule has 0 saturated carbocycles. The number of fused-ring (bicyclic) bond motifs is 2. The molecule has 0 N–H and O–H groups in total. The zero-order chi connectivity index (χ0) is 19.0. The van der Waals surface area contributed by atoms with Gasteiger partial charge in [0.2, 0.25) is 0 Å². The molecule has 0 aliphatic heterocycles. The summed E-state index contributed by atoms with van der Waals surface area (Å²) in [6, 6.07) is 16.9. The van der Waals surface area contributed by atoms with E-state index in [0.717, 1.165) is 23.7 Å². The Hall–Kier alpha value is -2.75. The van der Waals surface area contributed by atoms with Gasteiger partial charge in [0.05, 0.1) is 11.1 Å². The van der Waals surface area contributed by atoms with Gasteiger partial charge in [0.1, 0.15) is 0 Å². The minimum absolute atomic E-state index is 0.313. The van der Waals surface area contributed by atoms with Crippen molar-refractivity contribution in [2.24, 2.45) is 0 Å². The highest BCUT2D eigenvalue weighted by Crippen LogP contribution is 2.47. The number of rotatable bonds is 4. The minimum Gasteiger partial charge on any atom is -0.320 e. The van der Waals surface area contributed by atoms with E-state index in [1.165, 1.54) is 6.08 Å². The molecule has 1 aromatic heterocycles. The summed E-state index contributed by atoms with van der Waals surface area (Å²) in [5.74, 6) is 0. The van der Waals surface area contributed by atoms with Gasteiger partial charge in [-0.3, -0.25) is 0 Å². The Balaban J connectivity index is 2.02. The molecule has 4 heteroatoms. The third-order valence-electron chi connectivity index (χ3n) is 5.05. The quantitative estimate of drug-likeness (QED) is 0.461. The molecule has 0 atom stereocenters. The summed E-state index contributed by atoms with van der Waals surface area (Å²) in [6.45, 7) is 2.05. The lowest BCUT2D eigenvalue weighted by Crippen LogP contribution is -2.13. The van der Waals surface area contributed by atoms with Crippen LogP contribution in [0.15, 0.2) is 66.4 Å². The highest BCUT2D eigenvalue weighted by molar-refractivity contribution is 6.05. The van der Waals surface area contributed by atoms with Gasteiger partial charge in [0.25, 0.3) is 0 Å². The van der Waals surface area contributed by atoms with Gasteiger partial charge in [-0.25, -0.2) is 0 Å². The maximum atomic E-state index is 13.9. The summed E-state index contributed by atoms with van der Waals surface area (Å²) in [5.41, 5.74) is 2.70. The lowest BCUT2D eigenvalue weighted by molar-refractivity contribution is -0.0859. The molecule has 138 valence electrons. The molecule has 0 unspecified atom stereocenters. The summed E-state index contributed by atoms with van der Waals surface area (Å²) < 4.78 is 43.6. The van der Waals surface area contributed by atoms with Crippen molar-refractivity contribution in [2.75, 3.05) is 0 Å². The molecule has 1 heterocycles. The van der Waals surface area contributed by atoms with Crippen molar-refractivity contribution in [1.82, 2.24) is 4.57 Å².